The van der Waals surface area contributed by atoms with Crippen LogP contribution in [-0.4, -0.2) is 89.2 Å². The molecule has 11 nitrogen and oxygen atoms in total. The van der Waals surface area contributed by atoms with Crippen LogP contribution in [0.4, 0.5) is 16.5 Å². The summed E-state index contributed by atoms with van der Waals surface area (Å²) in [5.74, 6) is 1.81. The van der Waals surface area contributed by atoms with Crippen LogP contribution < -0.4 is 15.5 Å². The van der Waals surface area contributed by atoms with E-state index in [0.717, 1.165) is 60.8 Å². The number of nitrogen functional groups attached to an aromatic ring is 1. The van der Waals surface area contributed by atoms with Gasteiger partial charge in [-0.1, -0.05) is 11.7 Å². The predicted octanol–water partition coefficient (Wildman–Crippen LogP) is 3.41. The van der Waals surface area contributed by atoms with Crippen molar-refractivity contribution in [1.82, 2.24) is 24.9 Å². The summed E-state index contributed by atoms with van der Waals surface area (Å²) in [4.78, 5) is 32.5. The van der Waals surface area contributed by atoms with Crippen molar-refractivity contribution < 1.29 is 9.32 Å². The van der Waals surface area contributed by atoms with Gasteiger partial charge >= 0.3 is 0 Å². The summed E-state index contributed by atoms with van der Waals surface area (Å²) in [5.41, 5.74) is 8.82. The Bertz CT molecular complexity index is 1600. The Morgan fingerprint density at radius 2 is 1.98 bits per heavy atom. The van der Waals surface area contributed by atoms with Crippen molar-refractivity contribution >= 4 is 33.8 Å². The van der Waals surface area contributed by atoms with Crippen LogP contribution in [0.15, 0.2) is 29.3 Å². The van der Waals surface area contributed by atoms with Crippen LogP contribution in [0.5, 0.6) is 0 Å². The number of carbonyl (C=O) groups is 1. The molecule has 0 spiro atoms. The van der Waals surface area contributed by atoms with E-state index in [1.54, 1.807) is 0 Å². The zero-order valence-electron chi connectivity index (χ0n) is 24.6. The number of nitrogens with zero attached hydrogens (tertiary/aromatic N) is 8. The van der Waals surface area contributed by atoms with Crippen molar-refractivity contribution in [2.24, 2.45) is 0 Å². The van der Waals surface area contributed by atoms with Crippen LogP contribution in [-0.2, 0) is 16.6 Å². The van der Waals surface area contributed by atoms with Crippen molar-refractivity contribution in [3.63, 3.8) is 0 Å². The predicted molar refractivity (Wildman–Crippen MR) is 166 cm³/mol. The molecule has 224 valence electrons. The van der Waals surface area contributed by atoms with Crippen molar-refractivity contribution in [1.29, 1.82) is 5.26 Å². The van der Waals surface area contributed by atoms with Gasteiger partial charge in [-0.3, -0.25) is 9.69 Å². The van der Waals surface area contributed by atoms with Gasteiger partial charge in [0.1, 0.15) is 22.6 Å². The van der Waals surface area contributed by atoms with Gasteiger partial charge in [0.05, 0.1) is 11.0 Å². The number of rotatable bonds is 5. The largest absolute Gasteiger partial charge is 0.389 e. The number of amides is 1. The molecule has 0 saturated carbocycles. The smallest absolute Gasteiger partial charge is 0.246 e. The minimum Gasteiger partial charge on any atom is -0.389 e. The molecule has 2 N–H and O–H groups in total. The fourth-order valence-corrected chi connectivity index (χ4v) is 8.53. The number of hydrogen-bond acceptors (Lipinski definition) is 11. The highest BCUT2D eigenvalue weighted by atomic mass is 32.1. The van der Waals surface area contributed by atoms with Crippen LogP contribution in [0, 0.1) is 11.3 Å². The maximum absolute atomic E-state index is 12.2. The highest BCUT2D eigenvalue weighted by molar-refractivity contribution is 7.16. The molecule has 7 rings (SSSR count). The Labute approximate surface area is 255 Å². The van der Waals surface area contributed by atoms with E-state index in [0.29, 0.717) is 60.2 Å². The quantitative estimate of drug-likeness (QED) is 0.435. The summed E-state index contributed by atoms with van der Waals surface area (Å²) in [6.07, 6.45) is 6.50. The topological polar surface area (TPSA) is 132 Å². The average molecular weight is 600 g/mol. The molecule has 3 aliphatic heterocycles. The van der Waals surface area contributed by atoms with E-state index in [4.69, 9.17) is 20.2 Å². The Morgan fingerprint density at radius 3 is 2.77 bits per heavy atom. The van der Waals surface area contributed by atoms with E-state index in [2.05, 4.69) is 45.5 Å². The van der Waals surface area contributed by atoms with Crippen LogP contribution >= 0.6 is 11.3 Å². The summed E-state index contributed by atoms with van der Waals surface area (Å²) < 4.78 is 5.97. The lowest BCUT2D eigenvalue weighted by Gasteiger charge is -2.39. The molecule has 1 amide bonds. The number of aromatic nitrogens is 3. The standard InChI is InChI=1S/C31H37N9O2S/c1-3-26(41)39-13-10-38(11-14-39)21-16-23(34-25(17-21)40-15-12-37-9-5-6-20(37)19-40)29-35-30(42-36-29)31(2)8-4-7-24-27(31)22(18-32)28(33)43-24/h3,16-17,20H,1,4-15,19,33H2,2H3. The third kappa shape index (κ3) is 4.84. The first-order valence-electron chi connectivity index (χ1n) is 15.2. The summed E-state index contributed by atoms with van der Waals surface area (Å²) in [6, 6.07) is 7.08. The molecule has 2 unspecified atom stereocenters. The number of piperazine rings is 2. The molecule has 3 fully saturated rings. The van der Waals surface area contributed by atoms with E-state index in [9.17, 15) is 10.1 Å². The minimum atomic E-state index is -0.592. The zero-order chi connectivity index (χ0) is 29.7. The van der Waals surface area contributed by atoms with Gasteiger partial charge < -0.3 is 25.0 Å². The lowest BCUT2D eigenvalue weighted by atomic mass is 9.72. The summed E-state index contributed by atoms with van der Waals surface area (Å²) in [5, 5.41) is 14.9. The number of pyridine rings is 1. The fourth-order valence-electron chi connectivity index (χ4n) is 7.34. The molecule has 43 heavy (non-hydrogen) atoms. The molecule has 3 aromatic rings. The van der Waals surface area contributed by atoms with Crippen molar-refractivity contribution in [2.75, 3.05) is 67.9 Å². The molecule has 0 bridgehead atoms. The van der Waals surface area contributed by atoms with E-state index in [1.165, 1.54) is 36.8 Å². The average Bonchev–Trinajstić information content (AvgIpc) is 3.79. The monoisotopic (exact) mass is 599 g/mol. The number of anilines is 3. The Kier molecular flexibility index (Phi) is 7.10. The molecule has 0 radical (unpaired) electrons. The molecular formula is C31H37N9O2S. The van der Waals surface area contributed by atoms with Crippen molar-refractivity contribution in [2.45, 2.75) is 50.5 Å². The molecule has 3 saturated heterocycles. The lowest BCUT2D eigenvalue weighted by molar-refractivity contribution is -0.126. The number of thiophene rings is 1. The SMILES string of the molecule is C=CC(=O)N1CCN(c2cc(-c3noc(C4(C)CCCc5sc(N)c(C#N)c54)n3)nc(N3CCN4CCCC4C3)c2)CC1. The Balaban J connectivity index is 1.24. The lowest BCUT2D eigenvalue weighted by Crippen LogP contribution is -2.50. The second-order valence-corrected chi connectivity index (χ2v) is 13.4. The van der Waals surface area contributed by atoms with Gasteiger partial charge in [-0.05, 0) is 57.7 Å². The molecule has 6 heterocycles. The summed E-state index contributed by atoms with van der Waals surface area (Å²) in [6.45, 7) is 12.5. The van der Waals surface area contributed by atoms with Crippen LogP contribution in [0.3, 0.4) is 0 Å². The number of hydrogen-bond donors (Lipinski definition) is 1. The Morgan fingerprint density at radius 1 is 1.16 bits per heavy atom. The van der Waals surface area contributed by atoms with Crippen LogP contribution in [0.25, 0.3) is 11.5 Å². The number of nitrogens with two attached hydrogens (primary N) is 1. The number of fused-ring (bicyclic) bond motifs is 2. The first-order chi connectivity index (χ1) is 20.9. The third-order valence-corrected chi connectivity index (χ3v) is 10.8. The number of aryl methyl sites for hydroxylation is 1. The van der Waals surface area contributed by atoms with Gasteiger partial charge in [-0.2, -0.15) is 10.2 Å². The maximum atomic E-state index is 12.2. The molecule has 4 aliphatic rings. The normalized spacial score (nSPS) is 24.0. The van der Waals surface area contributed by atoms with Gasteiger partial charge in [-0.15, -0.1) is 11.3 Å². The third-order valence-electron chi connectivity index (χ3n) is 9.72. The van der Waals surface area contributed by atoms with Gasteiger partial charge in [0.15, 0.2) is 0 Å². The second-order valence-electron chi connectivity index (χ2n) is 12.2. The highest BCUT2D eigenvalue weighted by Gasteiger charge is 2.43. The van der Waals surface area contributed by atoms with E-state index in [1.807, 2.05) is 11.0 Å². The first kappa shape index (κ1) is 27.9. The fraction of sp³-hybridized carbons (Fsp3) is 0.516. The molecule has 12 heteroatoms. The van der Waals surface area contributed by atoms with E-state index in [-0.39, 0.29) is 5.91 Å². The maximum Gasteiger partial charge on any atom is 0.246 e. The van der Waals surface area contributed by atoms with E-state index < -0.39 is 5.41 Å². The molecular weight excluding hydrogens is 562 g/mol. The highest BCUT2D eigenvalue weighted by Crippen LogP contribution is 2.48. The Hall–Kier alpha value is -3.95. The van der Waals surface area contributed by atoms with Gasteiger partial charge in [-0.25, -0.2) is 4.98 Å². The van der Waals surface area contributed by atoms with Gasteiger partial charge in [0, 0.05) is 74.0 Å². The summed E-state index contributed by atoms with van der Waals surface area (Å²) in [7, 11) is 0. The zero-order valence-corrected chi connectivity index (χ0v) is 25.4. The molecule has 3 aromatic heterocycles. The summed E-state index contributed by atoms with van der Waals surface area (Å²) >= 11 is 1.50. The molecule has 1 aliphatic carbocycles. The second kappa shape index (κ2) is 11.0. The van der Waals surface area contributed by atoms with E-state index >= 15 is 0 Å². The van der Waals surface area contributed by atoms with Crippen LogP contribution in [0.1, 0.15) is 54.5 Å². The van der Waals surface area contributed by atoms with Crippen LogP contribution in [0.2, 0.25) is 0 Å². The number of nitriles is 1. The minimum absolute atomic E-state index is 0.0317. The van der Waals surface area contributed by atoms with Crippen molar-refractivity contribution in [3.8, 4) is 17.6 Å². The molecule has 0 aromatic carbocycles. The van der Waals surface area contributed by atoms with Crippen molar-refractivity contribution in [3.05, 3.63) is 46.7 Å². The first-order valence-corrected chi connectivity index (χ1v) is 16.0. The van der Waals surface area contributed by atoms with Gasteiger partial charge in [0.2, 0.25) is 17.6 Å². The van der Waals surface area contributed by atoms with Gasteiger partial charge in [0.25, 0.3) is 0 Å². The number of carbonyl (C=O) groups excluding carboxylic acids is 1. The molecule has 2 atom stereocenters.